The first-order valence-corrected chi connectivity index (χ1v) is 7.37. The number of rotatable bonds is 1. The molecule has 6 unspecified atom stereocenters. The standard InChI is InChI=1S/C15H22O4/c1-8-3-4-10-9(2)14(18)19-13(10)15(7-16)11(8)5-6-12(15)17/h8-11,13,16H,3-7H2,1-2H3. The van der Waals surface area contributed by atoms with E-state index in [0.29, 0.717) is 12.3 Å². The van der Waals surface area contributed by atoms with Crippen LogP contribution in [0.15, 0.2) is 0 Å². The lowest BCUT2D eigenvalue weighted by Crippen LogP contribution is -2.49. The Morgan fingerprint density at radius 1 is 1.26 bits per heavy atom. The van der Waals surface area contributed by atoms with Crippen molar-refractivity contribution in [2.24, 2.45) is 29.1 Å². The molecule has 3 rings (SSSR count). The lowest BCUT2D eigenvalue weighted by atomic mass is 9.67. The highest BCUT2D eigenvalue weighted by molar-refractivity contribution is 5.89. The summed E-state index contributed by atoms with van der Waals surface area (Å²) in [5.41, 5.74) is -0.818. The van der Waals surface area contributed by atoms with Gasteiger partial charge < -0.3 is 9.84 Å². The zero-order valence-electron chi connectivity index (χ0n) is 11.6. The van der Waals surface area contributed by atoms with Gasteiger partial charge in [-0.2, -0.15) is 0 Å². The molecule has 0 amide bonds. The summed E-state index contributed by atoms with van der Waals surface area (Å²) in [5.74, 6) is 0.427. The van der Waals surface area contributed by atoms with Crippen LogP contribution < -0.4 is 0 Å². The number of ether oxygens (including phenoxy) is 1. The third kappa shape index (κ3) is 1.55. The van der Waals surface area contributed by atoms with Gasteiger partial charge in [-0.15, -0.1) is 0 Å². The van der Waals surface area contributed by atoms with Crippen LogP contribution in [0.4, 0.5) is 0 Å². The van der Waals surface area contributed by atoms with Gasteiger partial charge in [0.2, 0.25) is 0 Å². The highest BCUT2D eigenvalue weighted by Crippen LogP contribution is 2.56. The van der Waals surface area contributed by atoms with Gasteiger partial charge in [-0.1, -0.05) is 13.8 Å². The molecule has 6 atom stereocenters. The SMILES string of the molecule is CC1CCC2C(C)C(=O)OC2C2(CO)C(=O)CCC12. The van der Waals surface area contributed by atoms with Crippen LogP contribution in [0, 0.1) is 29.1 Å². The van der Waals surface area contributed by atoms with E-state index in [1.165, 1.54) is 0 Å². The molecular weight excluding hydrogens is 244 g/mol. The van der Waals surface area contributed by atoms with Crippen LogP contribution in [0.1, 0.15) is 39.5 Å². The number of ketones is 1. The first kappa shape index (κ1) is 13.1. The smallest absolute Gasteiger partial charge is 0.309 e. The molecular formula is C15H22O4. The number of aliphatic hydroxyl groups excluding tert-OH is 1. The molecule has 3 fully saturated rings. The van der Waals surface area contributed by atoms with Crippen LogP contribution in [-0.4, -0.2) is 29.6 Å². The number of fused-ring (bicyclic) bond motifs is 3. The van der Waals surface area contributed by atoms with E-state index in [-0.39, 0.29) is 36.1 Å². The van der Waals surface area contributed by atoms with E-state index in [1.54, 1.807) is 0 Å². The van der Waals surface area contributed by atoms with Crippen LogP contribution in [0.2, 0.25) is 0 Å². The minimum atomic E-state index is -0.818. The summed E-state index contributed by atoms with van der Waals surface area (Å²) in [4.78, 5) is 24.3. The van der Waals surface area contributed by atoms with Gasteiger partial charge in [0.05, 0.1) is 17.9 Å². The maximum absolute atomic E-state index is 12.5. The van der Waals surface area contributed by atoms with Crippen molar-refractivity contribution >= 4 is 11.8 Å². The maximum atomic E-state index is 12.5. The topological polar surface area (TPSA) is 63.6 Å². The average molecular weight is 266 g/mol. The Bertz CT molecular complexity index is 418. The molecule has 0 spiro atoms. The molecule has 2 aliphatic carbocycles. The van der Waals surface area contributed by atoms with Crippen molar-refractivity contribution in [1.29, 1.82) is 0 Å². The maximum Gasteiger partial charge on any atom is 0.309 e. The zero-order chi connectivity index (χ0) is 13.8. The zero-order valence-corrected chi connectivity index (χ0v) is 11.6. The van der Waals surface area contributed by atoms with Gasteiger partial charge in [0, 0.05) is 12.3 Å². The van der Waals surface area contributed by atoms with E-state index >= 15 is 0 Å². The summed E-state index contributed by atoms with van der Waals surface area (Å²) in [6.45, 7) is 3.88. The quantitative estimate of drug-likeness (QED) is 0.731. The van der Waals surface area contributed by atoms with E-state index in [0.717, 1.165) is 19.3 Å². The molecule has 19 heavy (non-hydrogen) atoms. The number of carbonyl (C=O) groups excluding carboxylic acids is 2. The summed E-state index contributed by atoms with van der Waals surface area (Å²) >= 11 is 0. The van der Waals surface area contributed by atoms with Gasteiger partial charge in [0.1, 0.15) is 11.9 Å². The first-order valence-electron chi connectivity index (χ1n) is 7.37. The lowest BCUT2D eigenvalue weighted by Gasteiger charge is -2.38. The molecule has 1 aliphatic heterocycles. The van der Waals surface area contributed by atoms with Crippen LogP contribution in [0.3, 0.4) is 0 Å². The first-order chi connectivity index (χ1) is 9.02. The van der Waals surface area contributed by atoms with Gasteiger partial charge in [-0.05, 0) is 31.1 Å². The van der Waals surface area contributed by atoms with E-state index in [4.69, 9.17) is 4.74 Å². The second-order valence-corrected chi connectivity index (χ2v) is 6.63. The summed E-state index contributed by atoms with van der Waals surface area (Å²) < 4.78 is 5.56. The largest absolute Gasteiger partial charge is 0.461 e. The molecule has 0 bridgehead atoms. The lowest BCUT2D eigenvalue weighted by molar-refractivity contribution is -0.157. The Balaban J connectivity index is 2.08. The van der Waals surface area contributed by atoms with Gasteiger partial charge in [0.25, 0.3) is 0 Å². The molecule has 1 saturated heterocycles. The second-order valence-electron chi connectivity index (χ2n) is 6.63. The Kier molecular flexibility index (Phi) is 2.97. The fourth-order valence-corrected chi connectivity index (χ4v) is 4.74. The summed E-state index contributed by atoms with van der Waals surface area (Å²) in [7, 11) is 0. The predicted molar refractivity (Wildman–Crippen MR) is 68.2 cm³/mol. The molecule has 1 heterocycles. The molecule has 0 aromatic rings. The Labute approximate surface area is 113 Å². The van der Waals surface area contributed by atoms with E-state index in [2.05, 4.69) is 6.92 Å². The Morgan fingerprint density at radius 2 is 2.00 bits per heavy atom. The van der Waals surface area contributed by atoms with E-state index in [1.807, 2.05) is 6.92 Å². The summed E-state index contributed by atoms with van der Waals surface area (Å²) in [5, 5.41) is 9.97. The predicted octanol–water partition coefficient (Wildman–Crippen LogP) is 1.55. The van der Waals surface area contributed by atoms with E-state index < -0.39 is 11.5 Å². The molecule has 106 valence electrons. The molecule has 4 heteroatoms. The third-order valence-corrected chi connectivity index (χ3v) is 5.92. The van der Waals surface area contributed by atoms with Gasteiger partial charge in [0.15, 0.2) is 0 Å². The number of carbonyl (C=O) groups is 2. The van der Waals surface area contributed by atoms with Crippen molar-refractivity contribution in [3.05, 3.63) is 0 Å². The summed E-state index contributed by atoms with van der Waals surface area (Å²) in [6.07, 6.45) is 2.89. The molecule has 4 nitrogen and oxygen atoms in total. The number of aliphatic hydroxyl groups is 1. The molecule has 2 saturated carbocycles. The highest BCUT2D eigenvalue weighted by atomic mass is 16.6. The van der Waals surface area contributed by atoms with Crippen molar-refractivity contribution in [3.8, 4) is 0 Å². The molecule has 0 radical (unpaired) electrons. The van der Waals surface area contributed by atoms with Crippen LogP contribution in [0.5, 0.6) is 0 Å². The second kappa shape index (κ2) is 4.30. The number of hydrogen-bond donors (Lipinski definition) is 1. The third-order valence-electron chi connectivity index (χ3n) is 5.92. The van der Waals surface area contributed by atoms with Gasteiger partial charge in [-0.25, -0.2) is 0 Å². The Morgan fingerprint density at radius 3 is 2.68 bits per heavy atom. The highest BCUT2D eigenvalue weighted by Gasteiger charge is 2.64. The van der Waals surface area contributed by atoms with Crippen molar-refractivity contribution in [3.63, 3.8) is 0 Å². The minimum Gasteiger partial charge on any atom is -0.461 e. The average Bonchev–Trinajstić information content (AvgIpc) is 2.83. The normalized spacial score (nSPS) is 49.5. The van der Waals surface area contributed by atoms with Crippen molar-refractivity contribution in [2.45, 2.75) is 45.6 Å². The van der Waals surface area contributed by atoms with Crippen LogP contribution in [-0.2, 0) is 14.3 Å². The van der Waals surface area contributed by atoms with Crippen molar-refractivity contribution < 1.29 is 19.4 Å². The monoisotopic (exact) mass is 266 g/mol. The fraction of sp³-hybridized carbons (Fsp3) is 0.867. The number of esters is 1. The Hall–Kier alpha value is -0.900. The summed E-state index contributed by atoms with van der Waals surface area (Å²) in [6, 6.07) is 0. The number of hydrogen-bond acceptors (Lipinski definition) is 4. The molecule has 0 aromatic heterocycles. The van der Waals surface area contributed by atoms with Crippen LogP contribution >= 0.6 is 0 Å². The molecule has 0 aromatic carbocycles. The molecule has 3 aliphatic rings. The van der Waals surface area contributed by atoms with E-state index in [9.17, 15) is 14.7 Å². The number of Topliss-reactive ketones (excluding diaryl/α,β-unsaturated/α-hetero) is 1. The van der Waals surface area contributed by atoms with Gasteiger partial charge in [-0.3, -0.25) is 9.59 Å². The van der Waals surface area contributed by atoms with Crippen molar-refractivity contribution in [2.75, 3.05) is 6.61 Å². The van der Waals surface area contributed by atoms with Gasteiger partial charge >= 0.3 is 5.97 Å². The molecule has 1 N–H and O–H groups in total. The minimum absolute atomic E-state index is 0.0918. The van der Waals surface area contributed by atoms with Crippen LogP contribution in [0.25, 0.3) is 0 Å². The fourth-order valence-electron chi connectivity index (χ4n) is 4.74. The van der Waals surface area contributed by atoms with Crippen molar-refractivity contribution in [1.82, 2.24) is 0 Å².